The molecule has 1 aliphatic heterocycles. The molecule has 0 N–H and O–H groups in total. The third kappa shape index (κ3) is 2.89. The second-order valence-corrected chi connectivity index (χ2v) is 7.62. The third-order valence-electron chi connectivity index (χ3n) is 6.18. The van der Waals surface area contributed by atoms with Gasteiger partial charge < -0.3 is 4.90 Å². The maximum absolute atomic E-state index is 13.2. The molecule has 1 saturated heterocycles. The van der Waals surface area contributed by atoms with Gasteiger partial charge in [0.05, 0.1) is 0 Å². The zero-order valence-corrected chi connectivity index (χ0v) is 15.2. The molecular weight excluding hydrogens is 338 g/mol. The molecular formula is C21H23N5O. The summed E-state index contributed by atoms with van der Waals surface area (Å²) in [6, 6.07) is 12.9. The van der Waals surface area contributed by atoms with Crippen LogP contribution in [0.25, 0.3) is 5.78 Å². The number of rotatable bonds is 2. The van der Waals surface area contributed by atoms with Gasteiger partial charge in [-0.15, -0.1) is 5.10 Å². The highest BCUT2D eigenvalue weighted by atomic mass is 16.2. The Balaban J connectivity index is 1.44. The number of hydrogen-bond acceptors (Lipinski definition) is 4. The van der Waals surface area contributed by atoms with Crippen molar-refractivity contribution in [3.05, 3.63) is 60.2 Å². The fourth-order valence-electron chi connectivity index (χ4n) is 4.97. The topological polar surface area (TPSA) is 63.4 Å². The van der Waals surface area contributed by atoms with E-state index in [1.165, 1.54) is 24.8 Å². The molecule has 3 heterocycles. The van der Waals surface area contributed by atoms with Crippen LogP contribution in [0.5, 0.6) is 0 Å². The Morgan fingerprint density at radius 2 is 1.89 bits per heavy atom. The molecule has 1 saturated carbocycles. The van der Waals surface area contributed by atoms with Crippen molar-refractivity contribution in [1.82, 2.24) is 24.5 Å². The Bertz CT molecular complexity index is 920. The normalized spacial score (nSPS) is 25.3. The molecule has 1 amide bonds. The average molecular weight is 361 g/mol. The van der Waals surface area contributed by atoms with Crippen molar-refractivity contribution in [3.63, 3.8) is 0 Å². The Labute approximate surface area is 158 Å². The fourth-order valence-corrected chi connectivity index (χ4v) is 4.97. The van der Waals surface area contributed by atoms with Crippen LogP contribution in [-0.4, -0.2) is 43.0 Å². The van der Waals surface area contributed by atoms with E-state index in [1.54, 1.807) is 23.0 Å². The second-order valence-electron chi connectivity index (χ2n) is 7.62. The summed E-state index contributed by atoms with van der Waals surface area (Å²) in [6.45, 7) is 0.766. The highest BCUT2D eigenvalue weighted by Crippen LogP contribution is 2.44. The van der Waals surface area contributed by atoms with Gasteiger partial charge in [0.25, 0.3) is 11.7 Å². The maximum Gasteiger partial charge on any atom is 0.293 e. The average Bonchev–Trinajstić information content (AvgIpc) is 3.17. The fraction of sp³-hybridized carbons (Fsp3) is 0.429. The molecule has 0 unspecified atom stereocenters. The molecule has 138 valence electrons. The molecule has 27 heavy (non-hydrogen) atoms. The number of carbonyl (C=O) groups excluding carboxylic acids is 1. The van der Waals surface area contributed by atoms with E-state index in [2.05, 4.69) is 45.4 Å². The number of likely N-dealkylation sites (tertiary alicyclic amines) is 1. The van der Waals surface area contributed by atoms with E-state index in [4.69, 9.17) is 0 Å². The summed E-state index contributed by atoms with van der Waals surface area (Å²) in [6.07, 6.45) is 9.15. The minimum absolute atomic E-state index is 0.0519. The predicted octanol–water partition coefficient (Wildman–Crippen LogP) is 3.31. The smallest absolute Gasteiger partial charge is 0.293 e. The number of hydrogen-bond donors (Lipinski definition) is 0. The minimum Gasteiger partial charge on any atom is -0.333 e. The first kappa shape index (κ1) is 16.4. The third-order valence-corrected chi connectivity index (χ3v) is 6.18. The van der Waals surface area contributed by atoms with Crippen molar-refractivity contribution < 1.29 is 4.79 Å². The molecule has 6 heteroatoms. The van der Waals surface area contributed by atoms with Crippen LogP contribution in [0.1, 0.15) is 54.2 Å². The zero-order chi connectivity index (χ0) is 18.2. The van der Waals surface area contributed by atoms with Crippen molar-refractivity contribution in [2.75, 3.05) is 6.54 Å². The van der Waals surface area contributed by atoms with Crippen LogP contribution < -0.4 is 0 Å². The van der Waals surface area contributed by atoms with Gasteiger partial charge in [0.2, 0.25) is 5.82 Å². The minimum atomic E-state index is -0.0519. The summed E-state index contributed by atoms with van der Waals surface area (Å²) >= 11 is 0. The van der Waals surface area contributed by atoms with Crippen LogP contribution in [0, 0.1) is 5.92 Å². The highest BCUT2D eigenvalue weighted by molar-refractivity contribution is 5.91. The van der Waals surface area contributed by atoms with Gasteiger partial charge in [-0.2, -0.15) is 4.98 Å². The van der Waals surface area contributed by atoms with Gasteiger partial charge in [-0.1, -0.05) is 43.2 Å². The molecule has 2 fully saturated rings. The van der Waals surface area contributed by atoms with Crippen LogP contribution in [0.4, 0.5) is 0 Å². The van der Waals surface area contributed by atoms with E-state index < -0.39 is 0 Å². The molecule has 5 rings (SSSR count). The first-order valence-corrected chi connectivity index (χ1v) is 9.84. The lowest BCUT2D eigenvalue weighted by Gasteiger charge is -2.48. The Kier molecular flexibility index (Phi) is 4.11. The van der Waals surface area contributed by atoms with E-state index in [1.807, 2.05) is 4.90 Å². The lowest BCUT2D eigenvalue weighted by atomic mass is 9.69. The van der Waals surface area contributed by atoms with Crippen molar-refractivity contribution >= 4 is 11.7 Å². The predicted molar refractivity (Wildman–Crippen MR) is 101 cm³/mol. The summed E-state index contributed by atoms with van der Waals surface area (Å²) in [7, 11) is 0. The second kappa shape index (κ2) is 6.76. The van der Waals surface area contributed by atoms with Crippen LogP contribution in [0.15, 0.2) is 48.8 Å². The Hall–Kier alpha value is -2.76. The number of carbonyl (C=O) groups is 1. The van der Waals surface area contributed by atoms with Gasteiger partial charge in [-0.25, -0.2) is 9.50 Å². The summed E-state index contributed by atoms with van der Waals surface area (Å²) < 4.78 is 1.57. The van der Waals surface area contributed by atoms with Crippen LogP contribution in [-0.2, 0) is 0 Å². The molecule has 0 radical (unpaired) electrons. The quantitative estimate of drug-likeness (QED) is 0.702. The van der Waals surface area contributed by atoms with Crippen molar-refractivity contribution in [1.29, 1.82) is 0 Å². The molecule has 6 nitrogen and oxygen atoms in total. The molecule has 3 aromatic rings. The molecule has 2 aromatic heterocycles. The van der Waals surface area contributed by atoms with E-state index in [-0.39, 0.29) is 17.8 Å². The summed E-state index contributed by atoms with van der Waals surface area (Å²) in [5.41, 5.74) is 1.41. The van der Waals surface area contributed by atoms with Gasteiger partial charge in [0.15, 0.2) is 0 Å². The van der Waals surface area contributed by atoms with E-state index in [9.17, 15) is 4.79 Å². The molecule has 1 aliphatic carbocycles. The summed E-state index contributed by atoms with van der Waals surface area (Å²) in [5, 5.41) is 4.35. The standard InChI is InChI=1S/C21H23N5O/c27-20(19-23-21-22-12-6-13-26(21)24-19)25-14-11-16(15-7-2-1-3-8-15)17-9-4-5-10-18(17)25/h1-3,6-8,12-13,16-18H,4-5,9-11,14H2/t16-,17-,18-/m1/s1. The van der Waals surface area contributed by atoms with Gasteiger partial charge in [0.1, 0.15) is 0 Å². The molecule has 2 aliphatic rings. The van der Waals surface area contributed by atoms with Crippen molar-refractivity contribution in [2.24, 2.45) is 5.92 Å². The monoisotopic (exact) mass is 361 g/mol. The van der Waals surface area contributed by atoms with Crippen molar-refractivity contribution in [2.45, 2.75) is 44.1 Å². The Morgan fingerprint density at radius 1 is 1.04 bits per heavy atom. The first-order valence-electron chi connectivity index (χ1n) is 9.84. The van der Waals surface area contributed by atoms with E-state index >= 15 is 0 Å². The summed E-state index contributed by atoms with van der Waals surface area (Å²) in [5.74, 6) is 1.74. The first-order chi connectivity index (χ1) is 13.3. The number of piperidine rings is 1. The number of aromatic nitrogens is 4. The number of amides is 1. The molecule has 3 atom stereocenters. The zero-order valence-electron chi connectivity index (χ0n) is 15.2. The van der Waals surface area contributed by atoms with Gasteiger partial charge in [0, 0.05) is 25.0 Å². The van der Waals surface area contributed by atoms with Crippen LogP contribution >= 0.6 is 0 Å². The van der Waals surface area contributed by atoms with Crippen molar-refractivity contribution in [3.8, 4) is 0 Å². The largest absolute Gasteiger partial charge is 0.333 e. The van der Waals surface area contributed by atoms with E-state index in [0.29, 0.717) is 17.6 Å². The molecule has 0 spiro atoms. The van der Waals surface area contributed by atoms with Gasteiger partial charge in [-0.05, 0) is 42.7 Å². The number of benzene rings is 1. The molecule has 1 aromatic carbocycles. The Morgan fingerprint density at radius 3 is 2.74 bits per heavy atom. The van der Waals surface area contributed by atoms with Gasteiger partial charge >= 0.3 is 0 Å². The van der Waals surface area contributed by atoms with E-state index in [0.717, 1.165) is 19.4 Å². The number of fused-ring (bicyclic) bond motifs is 2. The molecule has 0 bridgehead atoms. The summed E-state index contributed by atoms with van der Waals surface area (Å²) in [4.78, 5) is 23.8. The maximum atomic E-state index is 13.2. The number of nitrogens with zero attached hydrogens (tertiary/aromatic N) is 5. The van der Waals surface area contributed by atoms with Crippen LogP contribution in [0.3, 0.4) is 0 Å². The van der Waals surface area contributed by atoms with Crippen LogP contribution in [0.2, 0.25) is 0 Å². The lowest BCUT2D eigenvalue weighted by Crippen LogP contribution is -2.52. The van der Waals surface area contributed by atoms with Gasteiger partial charge in [-0.3, -0.25) is 4.79 Å². The SMILES string of the molecule is O=C(c1nc2ncccn2n1)N1CC[C@H](c2ccccc2)[C@H]2CCCC[C@H]21. The lowest BCUT2D eigenvalue weighted by molar-refractivity contribution is 0.0309. The highest BCUT2D eigenvalue weighted by Gasteiger charge is 2.42.